The molecule has 1 amide bonds. The average molecular weight is 1340 g/mol. The van der Waals surface area contributed by atoms with Crippen LogP contribution in [0.2, 0.25) is 0 Å². The van der Waals surface area contributed by atoms with Crippen LogP contribution in [0.4, 0.5) is 0 Å². The molecule has 0 saturated carbocycles. The minimum absolute atomic E-state index is 0.216. The van der Waals surface area contributed by atoms with E-state index < -0.39 is 23.8 Å². The molecule has 25 heteroatoms. The van der Waals surface area contributed by atoms with Gasteiger partial charge in [0.2, 0.25) is 5.91 Å². The minimum Gasteiger partial charge on any atom is -0.478 e. The number of aryl methyl sites for hydroxylation is 4. The molecule has 0 aliphatic carbocycles. The highest BCUT2D eigenvalue weighted by Gasteiger charge is 2.19. The molecular weight excluding hydrogens is 1300 g/mol. The van der Waals surface area contributed by atoms with Gasteiger partial charge < -0.3 is 20.8 Å². The highest BCUT2D eigenvalue weighted by atomic mass is 79.9. The third kappa shape index (κ3) is 12.8. The van der Waals surface area contributed by atoms with Crippen LogP contribution in [0.15, 0.2) is 164 Å². The molecule has 0 saturated heterocycles. The highest BCUT2D eigenvalue weighted by molar-refractivity contribution is 9.11. The maximum Gasteiger partial charge on any atom is 0.357 e. The van der Waals surface area contributed by atoms with Crippen LogP contribution in [0, 0.1) is 27.7 Å². The number of carboxylic acid groups (broad SMARTS) is 2. The number of carbonyl (C=O) groups is 4. The first-order chi connectivity index (χ1) is 38.7. The predicted octanol–water partition coefficient (Wildman–Crippen LogP) is 11.5. The van der Waals surface area contributed by atoms with Crippen LogP contribution in [0.25, 0.3) is 66.9 Å². The molecule has 21 nitrogen and oxygen atoms in total. The molecule has 0 bridgehead atoms. The Morgan fingerprint density at radius 3 is 1.21 bits per heavy atom. The minimum atomic E-state index is -0.979. The summed E-state index contributed by atoms with van der Waals surface area (Å²) in [6.45, 7) is 7.61. The number of pyridine rings is 4. The van der Waals surface area contributed by atoms with E-state index >= 15 is 0 Å². The number of primary amides is 1. The van der Waals surface area contributed by atoms with Gasteiger partial charge in [-0.25, -0.2) is 53.0 Å². The number of benzene rings is 4. The molecule has 4 aromatic carbocycles. The first kappa shape index (κ1) is 56.8. The molecule has 0 aliphatic heterocycles. The lowest BCUT2D eigenvalue weighted by atomic mass is 10.1. The van der Waals surface area contributed by atoms with E-state index in [0.717, 1.165) is 37.2 Å². The van der Waals surface area contributed by atoms with Gasteiger partial charge in [-0.05, 0) is 125 Å². The number of nitrogens with two attached hydrogens (primary N) is 2. The molecule has 0 radical (unpaired) electrons. The zero-order chi connectivity index (χ0) is 57.8. The summed E-state index contributed by atoms with van der Waals surface area (Å²) < 4.78 is 9.42. The lowest BCUT2D eigenvalue weighted by Gasteiger charge is -2.05. The van der Waals surface area contributed by atoms with Crippen molar-refractivity contribution in [3.8, 4) is 23.3 Å². The number of halogens is 4. The molecule has 0 atom stereocenters. The number of nitrogens with zero attached hydrogens (tertiary/aromatic N) is 12. The molecular formula is C56H42Br4N14O7. The summed E-state index contributed by atoms with van der Waals surface area (Å²) >= 11 is 13.4. The van der Waals surface area contributed by atoms with Crippen molar-refractivity contribution in [3.05, 3.63) is 209 Å². The molecule has 81 heavy (non-hydrogen) atoms. The zero-order valence-corrected chi connectivity index (χ0v) is 49.2. The Kier molecular flexibility index (Phi) is 17.0. The van der Waals surface area contributed by atoms with Crippen molar-refractivity contribution in [1.29, 1.82) is 0 Å². The van der Waals surface area contributed by atoms with E-state index in [4.69, 9.17) is 11.6 Å². The van der Waals surface area contributed by atoms with E-state index in [0.29, 0.717) is 81.4 Å². The Morgan fingerprint density at radius 2 is 0.815 bits per heavy atom. The third-order valence-corrected chi connectivity index (χ3v) is 13.8. The van der Waals surface area contributed by atoms with E-state index in [-0.39, 0.29) is 11.1 Å². The molecule has 6 N–H and O–H groups in total. The Balaban J connectivity index is 0.000000130. The smallest absolute Gasteiger partial charge is 0.357 e. The Morgan fingerprint density at radius 1 is 0.469 bits per heavy atom. The number of rotatable bonds is 8. The average Bonchev–Trinajstić information content (AvgIpc) is 4.36. The summed E-state index contributed by atoms with van der Waals surface area (Å²) in [5.41, 5.74) is 12.9. The topological polar surface area (TPSA) is 293 Å². The first-order valence-corrected chi connectivity index (χ1v) is 27.1. The number of carbonyl (C=O) groups excluding carboxylic acids is 2. The number of amides is 1. The summed E-state index contributed by atoms with van der Waals surface area (Å²) in [7, 11) is 0. The van der Waals surface area contributed by atoms with Crippen molar-refractivity contribution >= 4 is 131 Å². The second-order valence-corrected chi connectivity index (χ2v) is 21.4. The van der Waals surface area contributed by atoms with Crippen LogP contribution in [0.5, 0.6) is 0 Å². The molecule has 8 aromatic heterocycles. The quantitative estimate of drug-likeness (QED) is 0.103. The maximum absolute atomic E-state index is 11.8. The van der Waals surface area contributed by atoms with Gasteiger partial charge in [0.15, 0.2) is 23.3 Å². The van der Waals surface area contributed by atoms with Gasteiger partial charge in [-0.1, -0.05) is 88.0 Å². The van der Waals surface area contributed by atoms with E-state index in [2.05, 4.69) is 109 Å². The molecule has 12 aromatic rings. The van der Waals surface area contributed by atoms with Gasteiger partial charge in [-0.15, -0.1) is 0 Å². The Bertz CT molecular complexity index is 4270. The van der Waals surface area contributed by atoms with E-state index in [1.54, 1.807) is 73.8 Å². The van der Waals surface area contributed by atoms with Gasteiger partial charge in [0, 0.05) is 74.6 Å². The number of hydrogen-bond acceptors (Lipinski definition) is 14. The van der Waals surface area contributed by atoms with Gasteiger partial charge in [0.05, 0.1) is 56.7 Å². The van der Waals surface area contributed by atoms with Crippen molar-refractivity contribution in [2.75, 3.05) is 0 Å². The van der Waals surface area contributed by atoms with Crippen molar-refractivity contribution in [2.45, 2.75) is 27.7 Å². The number of hydrogen-bond donors (Lipinski definition) is 4. The fraction of sp³-hybridized carbons (Fsp3) is 0.0714. The Labute approximate surface area is 492 Å². The fourth-order valence-electron chi connectivity index (χ4n) is 8.36. The monoisotopic (exact) mass is 1340 g/mol. The van der Waals surface area contributed by atoms with Crippen molar-refractivity contribution in [3.63, 3.8) is 0 Å². The molecule has 0 fully saturated rings. The lowest BCUT2D eigenvalue weighted by molar-refractivity contribution is 0.0504. The van der Waals surface area contributed by atoms with Crippen molar-refractivity contribution in [2.24, 2.45) is 11.6 Å². The van der Waals surface area contributed by atoms with E-state index in [9.17, 15) is 29.4 Å². The normalized spacial score (nSPS) is 10.9. The summed E-state index contributed by atoms with van der Waals surface area (Å²) in [5, 5.41) is 38.5. The second kappa shape index (κ2) is 24.2. The third-order valence-electron chi connectivity index (χ3n) is 11.9. The number of carboxylic acids is 2. The van der Waals surface area contributed by atoms with E-state index in [1.165, 1.54) is 0 Å². The van der Waals surface area contributed by atoms with Crippen molar-refractivity contribution < 1.29 is 34.2 Å². The second-order valence-electron chi connectivity index (χ2n) is 17.7. The van der Waals surface area contributed by atoms with Gasteiger partial charge in [-0.2, -0.15) is 26.3 Å². The van der Waals surface area contributed by atoms with Crippen LogP contribution < -0.4 is 11.6 Å². The van der Waals surface area contributed by atoms with Gasteiger partial charge >= 0.3 is 17.9 Å². The largest absolute Gasteiger partial charge is 0.478 e. The van der Waals surface area contributed by atoms with Crippen molar-refractivity contribution in [1.82, 2.24) is 59.1 Å². The van der Waals surface area contributed by atoms with E-state index in [1.807, 2.05) is 119 Å². The predicted molar refractivity (Wildman–Crippen MR) is 317 cm³/mol. The van der Waals surface area contributed by atoms with Crippen LogP contribution in [0.3, 0.4) is 0 Å². The maximum atomic E-state index is 11.8. The molecule has 0 spiro atoms. The summed E-state index contributed by atoms with van der Waals surface area (Å²) in [6, 6.07) is 36.4. The van der Waals surface area contributed by atoms with Gasteiger partial charge in [0.1, 0.15) is 0 Å². The number of fused-ring (bicyclic) bond motifs is 4. The summed E-state index contributed by atoms with van der Waals surface area (Å²) in [4.78, 5) is 67.8. The van der Waals surface area contributed by atoms with Gasteiger partial charge in [-0.3, -0.25) is 4.79 Å². The number of aromatic nitrogens is 12. The standard InChI is InChI=1S/C14H11BrN4O2.C14H11BrN4O.2C14H10BrN3O2/c1-8-3-2-4-13(17-8)19-7-11-10(14(20)21-16)5-9(15)6-12(11)18-19;1-8-3-2-4-13(18-8)19-12-6-9(15)5-10(14(16)20)11(12)7-17-19;1-8-3-2-4-13(16-8)18-7-11-10(14(19)20)5-9(15)6-12(11)17-18;1-8-3-2-4-13(17-8)18-12-6-9(15)5-10(14(19)20)11(12)7-16-18/h2-7H,16H2,1H3;2-7H,1H3,(H2,16,20);2*2-7H,1H3,(H,19,20). The fourth-order valence-corrected chi connectivity index (χ4v) is 10.1. The highest BCUT2D eigenvalue weighted by Crippen LogP contribution is 2.30. The number of aromatic carboxylic acids is 2. The van der Waals surface area contributed by atoms with Crippen LogP contribution in [0.1, 0.15) is 64.2 Å². The van der Waals surface area contributed by atoms with Gasteiger partial charge in [0.25, 0.3) is 0 Å². The Hall–Kier alpha value is -8.88. The van der Waals surface area contributed by atoms with Crippen LogP contribution in [-0.4, -0.2) is 93.1 Å². The van der Waals surface area contributed by atoms with Crippen LogP contribution >= 0.6 is 63.7 Å². The molecule has 8 heterocycles. The lowest BCUT2D eigenvalue weighted by Crippen LogP contribution is -2.11. The SMILES string of the molecule is Cc1cccc(-n2cc3c(C(=O)O)cc(Br)cc3n2)n1.Cc1cccc(-n2cc3c(C(=O)ON)cc(Br)cc3n2)n1.Cc1cccc(-n2ncc3c(C(=O)O)cc(Br)cc32)n1.Cc1cccc(-n2ncc3c(C(N)=O)cc(Br)cc32)n1. The zero-order valence-electron chi connectivity index (χ0n) is 42.8. The summed E-state index contributed by atoms with van der Waals surface area (Å²) in [5.74, 6) is 4.63. The molecule has 12 rings (SSSR count). The molecule has 406 valence electrons. The molecule has 0 aliphatic rings. The summed E-state index contributed by atoms with van der Waals surface area (Å²) in [6.07, 6.45) is 6.60. The first-order valence-electron chi connectivity index (χ1n) is 23.9. The van der Waals surface area contributed by atoms with Crippen LogP contribution in [-0.2, 0) is 4.84 Å². The molecule has 0 unspecified atom stereocenters.